The maximum atomic E-state index is 12.9. The van der Waals surface area contributed by atoms with Gasteiger partial charge in [0.1, 0.15) is 23.4 Å². The number of oxazole rings is 1. The molecular weight excluding hydrogens is 360 g/mol. The SMILES string of the molecule is CCOc1nc(-c2cocn2)cc(=O)n1-c1ccc(OCC(C)(F)F)cc1. The van der Waals surface area contributed by atoms with Gasteiger partial charge in [0.2, 0.25) is 0 Å². The minimum absolute atomic E-state index is 0.0803. The fourth-order valence-electron chi connectivity index (χ4n) is 2.30. The van der Waals surface area contributed by atoms with Gasteiger partial charge < -0.3 is 13.9 Å². The number of hydrogen-bond donors (Lipinski definition) is 0. The third-order valence-corrected chi connectivity index (χ3v) is 3.44. The maximum absolute atomic E-state index is 12.9. The topological polar surface area (TPSA) is 79.4 Å². The molecule has 3 rings (SSSR count). The number of nitrogens with zero attached hydrogens (tertiary/aromatic N) is 3. The van der Waals surface area contributed by atoms with Crippen molar-refractivity contribution in [2.45, 2.75) is 19.8 Å². The van der Waals surface area contributed by atoms with Crippen molar-refractivity contribution >= 4 is 0 Å². The summed E-state index contributed by atoms with van der Waals surface area (Å²) in [5.41, 5.74) is 0.793. The number of aromatic nitrogens is 3. The van der Waals surface area contributed by atoms with Gasteiger partial charge in [-0.15, -0.1) is 0 Å². The van der Waals surface area contributed by atoms with E-state index in [1.165, 1.54) is 35.4 Å². The second-order valence-corrected chi connectivity index (χ2v) is 5.76. The lowest BCUT2D eigenvalue weighted by atomic mass is 10.2. The van der Waals surface area contributed by atoms with Crippen molar-refractivity contribution in [3.63, 3.8) is 0 Å². The first-order valence-electron chi connectivity index (χ1n) is 8.14. The van der Waals surface area contributed by atoms with Gasteiger partial charge in [-0.1, -0.05) is 0 Å². The molecule has 0 atom stereocenters. The first-order valence-corrected chi connectivity index (χ1v) is 8.14. The monoisotopic (exact) mass is 377 g/mol. The van der Waals surface area contributed by atoms with Crippen molar-refractivity contribution in [3.8, 4) is 28.8 Å². The molecule has 3 aromatic rings. The number of hydrogen-bond acceptors (Lipinski definition) is 6. The largest absolute Gasteiger partial charge is 0.487 e. The maximum Gasteiger partial charge on any atom is 0.304 e. The summed E-state index contributed by atoms with van der Waals surface area (Å²) in [4.78, 5) is 20.9. The molecular formula is C18H17F2N3O4. The Labute approximate surface area is 153 Å². The molecule has 0 aliphatic rings. The molecule has 142 valence electrons. The van der Waals surface area contributed by atoms with E-state index in [1.54, 1.807) is 19.1 Å². The van der Waals surface area contributed by atoms with Crippen LogP contribution in [0, 0.1) is 0 Å². The fraction of sp³-hybridized carbons (Fsp3) is 0.278. The zero-order valence-electron chi connectivity index (χ0n) is 14.7. The lowest BCUT2D eigenvalue weighted by molar-refractivity contribution is -0.0229. The van der Waals surface area contributed by atoms with Crippen molar-refractivity contribution in [2.75, 3.05) is 13.2 Å². The van der Waals surface area contributed by atoms with Crippen LogP contribution in [0.3, 0.4) is 0 Å². The molecule has 2 aromatic heterocycles. The first kappa shape index (κ1) is 18.6. The van der Waals surface area contributed by atoms with Crippen LogP contribution >= 0.6 is 0 Å². The van der Waals surface area contributed by atoms with Gasteiger partial charge in [-0.3, -0.25) is 4.79 Å². The normalized spacial score (nSPS) is 11.4. The molecule has 0 amide bonds. The van der Waals surface area contributed by atoms with Crippen LogP contribution in [-0.2, 0) is 0 Å². The molecule has 0 fully saturated rings. The number of halogens is 2. The van der Waals surface area contributed by atoms with Gasteiger partial charge in [0, 0.05) is 13.0 Å². The van der Waals surface area contributed by atoms with E-state index in [2.05, 4.69) is 9.97 Å². The summed E-state index contributed by atoms with van der Waals surface area (Å²) < 4.78 is 42.5. The van der Waals surface area contributed by atoms with E-state index < -0.39 is 12.5 Å². The van der Waals surface area contributed by atoms with E-state index in [9.17, 15) is 13.6 Å². The van der Waals surface area contributed by atoms with Gasteiger partial charge in [0.15, 0.2) is 13.0 Å². The lowest BCUT2D eigenvalue weighted by Crippen LogP contribution is -2.22. The van der Waals surface area contributed by atoms with Crippen molar-refractivity contribution < 1.29 is 22.7 Å². The Hall–Kier alpha value is -3.23. The van der Waals surface area contributed by atoms with Crippen LogP contribution in [0.4, 0.5) is 8.78 Å². The van der Waals surface area contributed by atoms with Crippen molar-refractivity contribution in [2.24, 2.45) is 0 Å². The molecule has 0 aliphatic carbocycles. The zero-order chi connectivity index (χ0) is 19.4. The predicted molar refractivity (Wildman–Crippen MR) is 92.6 cm³/mol. The molecule has 0 bridgehead atoms. The van der Waals surface area contributed by atoms with E-state index in [4.69, 9.17) is 13.9 Å². The van der Waals surface area contributed by atoms with Crippen LogP contribution in [0.25, 0.3) is 17.1 Å². The van der Waals surface area contributed by atoms with Gasteiger partial charge in [-0.25, -0.2) is 18.3 Å². The summed E-state index contributed by atoms with van der Waals surface area (Å²) in [5.74, 6) is -2.67. The second-order valence-electron chi connectivity index (χ2n) is 5.76. The molecule has 1 aromatic carbocycles. The van der Waals surface area contributed by atoms with Gasteiger partial charge in [0.25, 0.3) is 11.5 Å². The fourth-order valence-corrected chi connectivity index (χ4v) is 2.30. The van der Waals surface area contributed by atoms with Crippen LogP contribution < -0.4 is 15.0 Å². The highest BCUT2D eigenvalue weighted by atomic mass is 19.3. The molecule has 0 saturated heterocycles. The number of ether oxygens (including phenoxy) is 2. The van der Waals surface area contributed by atoms with E-state index >= 15 is 0 Å². The summed E-state index contributed by atoms with van der Waals surface area (Å²) in [6.07, 6.45) is 2.61. The molecule has 7 nitrogen and oxygen atoms in total. The highest BCUT2D eigenvalue weighted by Crippen LogP contribution is 2.22. The lowest BCUT2D eigenvalue weighted by Gasteiger charge is -2.14. The van der Waals surface area contributed by atoms with Crippen LogP contribution in [0.2, 0.25) is 0 Å². The molecule has 0 saturated carbocycles. The predicted octanol–water partition coefficient (Wildman–Crippen LogP) is 3.32. The Morgan fingerprint density at radius 2 is 1.93 bits per heavy atom. The van der Waals surface area contributed by atoms with Gasteiger partial charge in [0.05, 0.1) is 12.3 Å². The molecule has 0 N–H and O–H groups in total. The Kier molecular flexibility index (Phi) is 5.20. The average molecular weight is 377 g/mol. The third-order valence-electron chi connectivity index (χ3n) is 3.44. The van der Waals surface area contributed by atoms with E-state index in [-0.39, 0.29) is 17.3 Å². The molecule has 0 unspecified atom stereocenters. The van der Waals surface area contributed by atoms with E-state index in [0.29, 0.717) is 23.7 Å². The standard InChI is InChI=1S/C18H17F2N3O4/c1-3-26-17-22-14(15-9-25-11-21-15)8-16(24)23(17)12-4-6-13(7-5-12)27-10-18(2,19)20/h4-9,11H,3,10H2,1-2H3. The number of rotatable bonds is 7. The highest BCUT2D eigenvalue weighted by molar-refractivity contribution is 5.53. The third kappa shape index (κ3) is 4.49. The molecule has 9 heteroatoms. The Balaban J connectivity index is 1.94. The van der Waals surface area contributed by atoms with Gasteiger partial charge in [-0.2, -0.15) is 4.98 Å². The van der Waals surface area contributed by atoms with Crippen LogP contribution in [0.1, 0.15) is 13.8 Å². The van der Waals surface area contributed by atoms with Crippen molar-refractivity contribution in [1.29, 1.82) is 0 Å². The first-order chi connectivity index (χ1) is 12.9. The summed E-state index contributed by atoms with van der Waals surface area (Å²) in [6.45, 7) is 2.10. The summed E-state index contributed by atoms with van der Waals surface area (Å²) in [6, 6.07) is 7.50. The van der Waals surface area contributed by atoms with Crippen molar-refractivity contribution in [1.82, 2.24) is 14.5 Å². The second kappa shape index (κ2) is 7.56. The van der Waals surface area contributed by atoms with Crippen LogP contribution in [0.15, 0.2) is 52.2 Å². The molecule has 2 heterocycles. The Morgan fingerprint density at radius 1 is 1.19 bits per heavy atom. The minimum atomic E-state index is -2.93. The molecule has 0 spiro atoms. The number of alkyl halides is 2. The minimum Gasteiger partial charge on any atom is -0.487 e. The van der Waals surface area contributed by atoms with Crippen LogP contribution in [0.5, 0.6) is 11.8 Å². The zero-order valence-corrected chi connectivity index (χ0v) is 14.7. The van der Waals surface area contributed by atoms with Crippen LogP contribution in [-0.4, -0.2) is 33.7 Å². The molecule has 27 heavy (non-hydrogen) atoms. The Bertz CT molecular complexity index is 948. The summed E-state index contributed by atoms with van der Waals surface area (Å²) >= 11 is 0. The quantitative estimate of drug-likeness (QED) is 0.628. The summed E-state index contributed by atoms with van der Waals surface area (Å²) in [5, 5.41) is 0. The average Bonchev–Trinajstić information content (AvgIpc) is 3.15. The summed E-state index contributed by atoms with van der Waals surface area (Å²) in [7, 11) is 0. The highest BCUT2D eigenvalue weighted by Gasteiger charge is 2.22. The van der Waals surface area contributed by atoms with Gasteiger partial charge in [-0.05, 0) is 31.2 Å². The van der Waals surface area contributed by atoms with Gasteiger partial charge >= 0.3 is 6.01 Å². The molecule has 0 aliphatic heterocycles. The van der Waals surface area contributed by atoms with E-state index in [1.807, 2.05) is 0 Å². The Morgan fingerprint density at radius 3 is 2.52 bits per heavy atom. The number of benzene rings is 1. The van der Waals surface area contributed by atoms with Crippen molar-refractivity contribution in [3.05, 3.63) is 53.3 Å². The van der Waals surface area contributed by atoms with E-state index in [0.717, 1.165) is 6.92 Å². The smallest absolute Gasteiger partial charge is 0.304 e. The molecule has 0 radical (unpaired) electrons.